The number of nitrogens with zero attached hydrogens (tertiary/aromatic N) is 5. The van der Waals surface area contributed by atoms with E-state index < -0.39 is 0 Å². The van der Waals surface area contributed by atoms with Crippen LogP contribution in [0.25, 0.3) is 0 Å². The molecule has 0 saturated carbocycles. The predicted molar refractivity (Wildman–Crippen MR) is 83.0 cm³/mol. The van der Waals surface area contributed by atoms with Crippen molar-refractivity contribution in [3.8, 4) is 0 Å². The van der Waals surface area contributed by atoms with Crippen molar-refractivity contribution in [2.75, 3.05) is 13.1 Å². The molecule has 0 aromatic carbocycles. The van der Waals surface area contributed by atoms with Gasteiger partial charge in [0.15, 0.2) is 0 Å². The van der Waals surface area contributed by atoms with Crippen molar-refractivity contribution >= 4 is 5.91 Å². The molecule has 1 N–H and O–H groups in total. The van der Waals surface area contributed by atoms with Gasteiger partial charge in [-0.05, 0) is 6.07 Å². The zero-order valence-corrected chi connectivity index (χ0v) is 13.5. The Bertz CT molecular complexity index is 753. The first-order valence-corrected chi connectivity index (χ1v) is 7.58. The number of aromatic amines is 1. The number of rotatable bonds is 3. The molecule has 3 rings (SSSR count). The van der Waals surface area contributed by atoms with Gasteiger partial charge in [0.25, 0.3) is 11.5 Å². The molecule has 1 amide bonds. The monoisotopic (exact) mass is 316 g/mol. The van der Waals surface area contributed by atoms with Crippen molar-refractivity contribution in [1.82, 2.24) is 29.9 Å². The summed E-state index contributed by atoms with van der Waals surface area (Å²) in [5, 5.41) is 10.7. The molecule has 0 spiro atoms. The number of carbonyl (C=O) groups excluding carboxylic acids is 1. The van der Waals surface area contributed by atoms with Gasteiger partial charge in [0.05, 0.1) is 12.2 Å². The molecule has 0 radical (unpaired) electrons. The molecule has 23 heavy (non-hydrogen) atoms. The molecule has 1 saturated heterocycles. The van der Waals surface area contributed by atoms with Gasteiger partial charge in [-0.25, -0.2) is 9.67 Å². The first-order chi connectivity index (χ1) is 10.8. The maximum Gasteiger partial charge on any atom is 0.291 e. The number of amides is 1. The Hall–Kier alpha value is -2.51. The molecule has 2 aromatic rings. The molecular weight excluding hydrogens is 296 g/mol. The van der Waals surface area contributed by atoms with Gasteiger partial charge < -0.3 is 4.90 Å². The lowest BCUT2D eigenvalue weighted by atomic mass is 9.92. The molecule has 0 atom stereocenters. The average molecular weight is 316 g/mol. The van der Waals surface area contributed by atoms with E-state index in [0.29, 0.717) is 19.6 Å². The Labute approximate surface area is 133 Å². The third-order valence-electron chi connectivity index (χ3n) is 3.93. The minimum absolute atomic E-state index is 0.108. The highest BCUT2D eigenvalue weighted by Gasteiger charge is 2.33. The molecule has 122 valence electrons. The van der Waals surface area contributed by atoms with Gasteiger partial charge in [-0.2, -0.15) is 10.2 Å². The van der Waals surface area contributed by atoms with E-state index in [0.717, 1.165) is 5.69 Å². The Balaban J connectivity index is 1.64. The van der Waals surface area contributed by atoms with Crippen LogP contribution in [0.2, 0.25) is 0 Å². The maximum atomic E-state index is 12.0. The largest absolute Gasteiger partial charge is 0.335 e. The zero-order chi connectivity index (χ0) is 16.6. The van der Waals surface area contributed by atoms with E-state index in [-0.39, 0.29) is 28.6 Å². The molecule has 0 unspecified atom stereocenters. The van der Waals surface area contributed by atoms with Crippen LogP contribution in [0.3, 0.4) is 0 Å². The highest BCUT2D eigenvalue weighted by atomic mass is 16.2. The van der Waals surface area contributed by atoms with Crippen LogP contribution >= 0.6 is 0 Å². The van der Waals surface area contributed by atoms with E-state index in [1.165, 1.54) is 11.0 Å². The van der Waals surface area contributed by atoms with E-state index in [4.69, 9.17) is 0 Å². The van der Waals surface area contributed by atoms with E-state index in [9.17, 15) is 9.59 Å². The number of likely N-dealkylation sites (tertiary alicyclic amines) is 1. The van der Waals surface area contributed by atoms with Crippen molar-refractivity contribution < 1.29 is 4.79 Å². The van der Waals surface area contributed by atoms with Crippen LogP contribution in [0.15, 0.2) is 23.3 Å². The molecule has 3 heterocycles. The lowest BCUT2D eigenvalue weighted by molar-refractivity contribution is 0.0446. The average Bonchev–Trinajstić information content (AvgIpc) is 2.96. The summed E-state index contributed by atoms with van der Waals surface area (Å²) in [7, 11) is 0. The summed E-state index contributed by atoms with van der Waals surface area (Å²) in [4.78, 5) is 29.6. The first-order valence-electron chi connectivity index (χ1n) is 7.58. The normalized spacial score (nSPS) is 15.5. The van der Waals surface area contributed by atoms with Crippen molar-refractivity contribution in [3.05, 3.63) is 40.3 Å². The third-order valence-corrected chi connectivity index (χ3v) is 3.93. The first kappa shape index (κ1) is 15.4. The lowest BCUT2D eigenvalue weighted by Gasteiger charge is -2.38. The number of hydrogen-bond donors (Lipinski definition) is 1. The standard InChI is InChI=1S/C15H20N6O2/c1-15(2,3)11-4-5-12(22)21(19-11)8-10-6-20(7-10)14(23)13-16-9-17-18-13/h4-5,9-10H,6-8H2,1-3H3,(H,16,17,18). The van der Waals surface area contributed by atoms with Crippen LogP contribution in [0.4, 0.5) is 0 Å². The van der Waals surface area contributed by atoms with Crippen LogP contribution in [-0.4, -0.2) is 48.9 Å². The number of carbonyl (C=O) groups is 1. The number of nitrogens with one attached hydrogen (secondary N) is 1. The summed E-state index contributed by atoms with van der Waals surface area (Å²) in [5.41, 5.74) is 0.660. The van der Waals surface area contributed by atoms with Gasteiger partial charge in [-0.1, -0.05) is 20.8 Å². The third kappa shape index (κ3) is 3.15. The van der Waals surface area contributed by atoms with Crippen LogP contribution in [0.5, 0.6) is 0 Å². The smallest absolute Gasteiger partial charge is 0.291 e. The van der Waals surface area contributed by atoms with Crippen molar-refractivity contribution in [1.29, 1.82) is 0 Å². The molecule has 8 heteroatoms. The summed E-state index contributed by atoms with van der Waals surface area (Å²) < 4.78 is 1.50. The minimum atomic E-state index is -0.164. The van der Waals surface area contributed by atoms with Crippen LogP contribution in [-0.2, 0) is 12.0 Å². The molecule has 1 fully saturated rings. The number of aromatic nitrogens is 5. The molecular formula is C15H20N6O2. The second-order valence-corrected chi connectivity index (χ2v) is 6.90. The molecule has 2 aromatic heterocycles. The van der Waals surface area contributed by atoms with Crippen LogP contribution in [0, 0.1) is 5.92 Å². The van der Waals surface area contributed by atoms with Gasteiger partial charge in [0.1, 0.15) is 6.33 Å². The quantitative estimate of drug-likeness (QED) is 0.886. The lowest BCUT2D eigenvalue weighted by Crippen LogP contribution is -2.52. The van der Waals surface area contributed by atoms with Crippen molar-refractivity contribution in [2.24, 2.45) is 5.92 Å². The molecule has 8 nitrogen and oxygen atoms in total. The fraction of sp³-hybridized carbons (Fsp3) is 0.533. The van der Waals surface area contributed by atoms with E-state index >= 15 is 0 Å². The Morgan fingerprint density at radius 1 is 1.35 bits per heavy atom. The van der Waals surface area contributed by atoms with E-state index in [1.54, 1.807) is 17.0 Å². The van der Waals surface area contributed by atoms with Crippen LogP contribution in [0.1, 0.15) is 37.1 Å². The summed E-state index contributed by atoms with van der Waals surface area (Å²) >= 11 is 0. The second-order valence-electron chi connectivity index (χ2n) is 6.90. The highest BCUT2D eigenvalue weighted by Crippen LogP contribution is 2.20. The SMILES string of the molecule is CC(C)(C)c1ccc(=O)n(CC2CN(C(=O)c3ncn[nH]3)C2)n1. The van der Waals surface area contributed by atoms with Crippen molar-refractivity contribution in [3.63, 3.8) is 0 Å². The predicted octanol–water partition coefficient (Wildman–Crippen LogP) is 0.431. The molecule has 1 aliphatic rings. The molecule has 1 aliphatic heterocycles. The minimum Gasteiger partial charge on any atom is -0.335 e. The fourth-order valence-electron chi connectivity index (χ4n) is 2.53. The van der Waals surface area contributed by atoms with Gasteiger partial charge in [0.2, 0.25) is 5.82 Å². The highest BCUT2D eigenvalue weighted by molar-refractivity contribution is 5.90. The van der Waals surface area contributed by atoms with E-state index in [2.05, 4.69) is 41.1 Å². The molecule has 0 bridgehead atoms. The Kier molecular flexibility index (Phi) is 3.75. The van der Waals surface area contributed by atoms with Crippen LogP contribution < -0.4 is 5.56 Å². The topological polar surface area (TPSA) is 96.8 Å². The summed E-state index contributed by atoms with van der Waals surface area (Å²) in [6.07, 6.45) is 1.31. The van der Waals surface area contributed by atoms with Gasteiger partial charge in [0, 0.05) is 30.5 Å². The number of hydrogen-bond acceptors (Lipinski definition) is 5. The number of H-pyrrole nitrogens is 1. The van der Waals surface area contributed by atoms with Gasteiger partial charge in [-0.15, -0.1) is 0 Å². The van der Waals surface area contributed by atoms with Gasteiger partial charge in [-0.3, -0.25) is 14.7 Å². The van der Waals surface area contributed by atoms with Gasteiger partial charge >= 0.3 is 0 Å². The summed E-state index contributed by atoms with van der Waals surface area (Å²) in [6, 6.07) is 3.34. The van der Waals surface area contributed by atoms with Crippen molar-refractivity contribution in [2.45, 2.75) is 32.7 Å². The van der Waals surface area contributed by atoms with E-state index in [1.807, 2.05) is 0 Å². The second kappa shape index (κ2) is 5.60. The summed E-state index contributed by atoms with van der Waals surface area (Å²) in [6.45, 7) is 7.88. The maximum absolute atomic E-state index is 12.0. The molecule has 0 aliphatic carbocycles. The summed E-state index contributed by atoms with van der Waals surface area (Å²) in [5.74, 6) is 0.304. The fourth-order valence-corrected chi connectivity index (χ4v) is 2.53. The Morgan fingerprint density at radius 3 is 2.70 bits per heavy atom. The Morgan fingerprint density at radius 2 is 2.09 bits per heavy atom. The zero-order valence-electron chi connectivity index (χ0n) is 13.5.